The molecule has 1 atom stereocenters. The SMILES string of the molecule is C=CC(N1CCC(=C(c2ccccc2)c2ccccc2)CC1)n1c(=O)[nH]c2ccccc21. The lowest BCUT2D eigenvalue weighted by atomic mass is 9.88. The lowest BCUT2D eigenvalue weighted by Gasteiger charge is -2.35. The minimum atomic E-state index is -0.169. The monoisotopic (exact) mass is 421 g/mol. The molecule has 160 valence electrons. The Morgan fingerprint density at radius 2 is 1.41 bits per heavy atom. The number of imidazole rings is 1. The van der Waals surface area contributed by atoms with Gasteiger partial charge in [0.15, 0.2) is 0 Å². The zero-order valence-electron chi connectivity index (χ0n) is 18.1. The number of fused-ring (bicyclic) bond motifs is 1. The van der Waals surface area contributed by atoms with Crippen LogP contribution in [-0.4, -0.2) is 27.5 Å². The average molecular weight is 422 g/mol. The van der Waals surface area contributed by atoms with Crippen LogP contribution < -0.4 is 5.69 Å². The predicted molar refractivity (Wildman–Crippen MR) is 132 cm³/mol. The molecule has 2 heterocycles. The number of aromatic nitrogens is 2. The molecule has 32 heavy (non-hydrogen) atoms. The number of H-pyrrole nitrogens is 1. The molecule has 0 saturated carbocycles. The van der Waals surface area contributed by atoms with E-state index in [1.165, 1.54) is 22.3 Å². The Labute approximate surface area is 188 Å². The Hall–Kier alpha value is -3.63. The predicted octanol–water partition coefficient (Wildman–Crippen LogP) is 5.61. The summed E-state index contributed by atoms with van der Waals surface area (Å²) in [4.78, 5) is 18.1. The molecule has 4 nitrogen and oxygen atoms in total. The molecule has 0 spiro atoms. The van der Waals surface area contributed by atoms with E-state index in [4.69, 9.17) is 0 Å². The highest BCUT2D eigenvalue weighted by Crippen LogP contribution is 2.34. The van der Waals surface area contributed by atoms with E-state index in [0.29, 0.717) is 0 Å². The average Bonchev–Trinajstić information content (AvgIpc) is 3.18. The van der Waals surface area contributed by atoms with Crippen molar-refractivity contribution in [3.8, 4) is 0 Å². The van der Waals surface area contributed by atoms with Crippen molar-refractivity contribution in [2.45, 2.75) is 19.0 Å². The summed E-state index contributed by atoms with van der Waals surface area (Å²) in [5.41, 5.74) is 7.01. The van der Waals surface area contributed by atoms with Gasteiger partial charge < -0.3 is 4.98 Å². The third kappa shape index (κ3) is 3.74. The van der Waals surface area contributed by atoms with Crippen LogP contribution in [0.1, 0.15) is 30.1 Å². The first-order valence-electron chi connectivity index (χ1n) is 11.1. The van der Waals surface area contributed by atoms with Crippen LogP contribution in [0, 0.1) is 0 Å². The minimum Gasteiger partial charge on any atom is -0.305 e. The molecular weight excluding hydrogens is 394 g/mol. The highest BCUT2D eigenvalue weighted by Gasteiger charge is 2.26. The second kappa shape index (κ2) is 8.85. The van der Waals surface area contributed by atoms with Gasteiger partial charge in [0.05, 0.1) is 11.0 Å². The van der Waals surface area contributed by atoms with Gasteiger partial charge in [-0.25, -0.2) is 4.79 Å². The third-order valence-corrected chi connectivity index (χ3v) is 6.35. The van der Waals surface area contributed by atoms with Crippen LogP contribution >= 0.6 is 0 Å². The summed E-state index contributed by atoms with van der Waals surface area (Å²) in [6.45, 7) is 5.81. The number of rotatable bonds is 5. The van der Waals surface area contributed by atoms with Gasteiger partial charge in [-0.3, -0.25) is 9.47 Å². The fraction of sp³-hybridized carbons (Fsp3) is 0.179. The van der Waals surface area contributed by atoms with Crippen molar-refractivity contribution in [3.05, 3.63) is 125 Å². The highest BCUT2D eigenvalue weighted by molar-refractivity contribution is 5.82. The zero-order chi connectivity index (χ0) is 21.9. The molecule has 4 aromatic rings. The van der Waals surface area contributed by atoms with E-state index < -0.39 is 0 Å². The zero-order valence-corrected chi connectivity index (χ0v) is 18.1. The fourth-order valence-corrected chi connectivity index (χ4v) is 4.85. The van der Waals surface area contributed by atoms with E-state index >= 15 is 0 Å². The maximum atomic E-state index is 12.7. The molecule has 1 aromatic heterocycles. The number of benzene rings is 3. The van der Waals surface area contributed by atoms with Gasteiger partial charge in [0, 0.05) is 13.1 Å². The third-order valence-electron chi connectivity index (χ3n) is 6.35. The molecular formula is C28H27N3O. The van der Waals surface area contributed by atoms with Gasteiger partial charge in [-0.05, 0) is 41.7 Å². The molecule has 0 radical (unpaired) electrons. The molecule has 1 aliphatic heterocycles. The molecule has 1 aliphatic rings. The maximum Gasteiger partial charge on any atom is 0.328 e. The molecule has 3 aromatic carbocycles. The molecule has 1 fully saturated rings. The van der Waals surface area contributed by atoms with Crippen molar-refractivity contribution in [1.29, 1.82) is 0 Å². The first kappa shape index (κ1) is 20.3. The molecule has 4 heteroatoms. The number of nitrogens with zero attached hydrogens (tertiary/aromatic N) is 2. The maximum absolute atomic E-state index is 12.7. The van der Waals surface area contributed by atoms with Crippen molar-refractivity contribution in [3.63, 3.8) is 0 Å². The standard InChI is InChI=1S/C28H27N3O/c1-2-26(31-25-16-10-9-15-24(25)29-28(31)32)30-19-17-23(18-20-30)27(21-11-5-3-6-12-21)22-13-7-4-8-14-22/h2-16,26H,1,17-20H2,(H,29,32). The lowest BCUT2D eigenvalue weighted by molar-refractivity contribution is 0.166. The highest BCUT2D eigenvalue weighted by atomic mass is 16.1. The van der Waals surface area contributed by atoms with Gasteiger partial charge in [0.1, 0.15) is 6.17 Å². The second-order valence-corrected chi connectivity index (χ2v) is 8.21. The number of aromatic amines is 1. The Balaban J connectivity index is 1.47. The van der Waals surface area contributed by atoms with Crippen LogP contribution in [0.2, 0.25) is 0 Å². The molecule has 1 N–H and O–H groups in total. The Bertz CT molecular complexity index is 1260. The van der Waals surface area contributed by atoms with E-state index in [2.05, 4.69) is 77.1 Å². The minimum absolute atomic E-state index is 0.0910. The second-order valence-electron chi connectivity index (χ2n) is 8.21. The van der Waals surface area contributed by atoms with E-state index in [0.717, 1.165) is 37.0 Å². The van der Waals surface area contributed by atoms with Crippen LogP contribution in [0.5, 0.6) is 0 Å². The van der Waals surface area contributed by atoms with Crippen LogP contribution in [0.25, 0.3) is 16.6 Å². The summed E-state index contributed by atoms with van der Waals surface area (Å²) >= 11 is 0. The van der Waals surface area contributed by atoms with Gasteiger partial charge in [0.25, 0.3) is 0 Å². The summed E-state index contributed by atoms with van der Waals surface area (Å²) in [5.74, 6) is 0. The summed E-state index contributed by atoms with van der Waals surface area (Å²) in [6, 6.07) is 29.2. The molecule has 1 unspecified atom stereocenters. The summed E-state index contributed by atoms with van der Waals surface area (Å²) in [5, 5.41) is 0. The van der Waals surface area contributed by atoms with Crippen molar-refractivity contribution in [1.82, 2.24) is 14.5 Å². The number of likely N-dealkylation sites (tertiary alicyclic amines) is 1. The first-order valence-corrected chi connectivity index (χ1v) is 11.1. The molecule has 0 bridgehead atoms. The van der Waals surface area contributed by atoms with Crippen molar-refractivity contribution < 1.29 is 0 Å². The molecule has 0 aliphatic carbocycles. The summed E-state index contributed by atoms with van der Waals surface area (Å²) < 4.78 is 1.83. The van der Waals surface area contributed by atoms with Crippen molar-refractivity contribution in [2.24, 2.45) is 0 Å². The largest absolute Gasteiger partial charge is 0.328 e. The fourth-order valence-electron chi connectivity index (χ4n) is 4.85. The van der Waals surface area contributed by atoms with E-state index in [1.54, 1.807) is 0 Å². The van der Waals surface area contributed by atoms with Gasteiger partial charge in [-0.15, -0.1) is 0 Å². The summed E-state index contributed by atoms with van der Waals surface area (Å²) in [7, 11) is 0. The van der Waals surface area contributed by atoms with Gasteiger partial charge >= 0.3 is 5.69 Å². The number of para-hydroxylation sites is 2. The smallest absolute Gasteiger partial charge is 0.305 e. The first-order chi connectivity index (χ1) is 15.8. The van der Waals surface area contributed by atoms with Gasteiger partial charge in [-0.1, -0.05) is 91.0 Å². The normalized spacial score (nSPS) is 15.6. The Kier molecular flexibility index (Phi) is 5.61. The number of nitrogens with one attached hydrogen (secondary N) is 1. The van der Waals surface area contributed by atoms with Crippen LogP contribution in [0.4, 0.5) is 0 Å². The molecule has 1 saturated heterocycles. The molecule has 0 amide bonds. The van der Waals surface area contributed by atoms with E-state index in [9.17, 15) is 4.79 Å². The topological polar surface area (TPSA) is 41.0 Å². The van der Waals surface area contributed by atoms with Crippen LogP contribution in [0.15, 0.2) is 108 Å². The number of hydrogen-bond acceptors (Lipinski definition) is 2. The quantitative estimate of drug-likeness (QED) is 0.426. The molecule has 5 rings (SSSR count). The summed E-state index contributed by atoms with van der Waals surface area (Å²) in [6.07, 6.45) is 3.63. The Morgan fingerprint density at radius 3 is 2.00 bits per heavy atom. The lowest BCUT2D eigenvalue weighted by Crippen LogP contribution is -2.39. The van der Waals surface area contributed by atoms with E-state index in [-0.39, 0.29) is 11.9 Å². The van der Waals surface area contributed by atoms with Crippen LogP contribution in [0.3, 0.4) is 0 Å². The number of hydrogen-bond donors (Lipinski definition) is 1. The van der Waals surface area contributed by atoms with Gasteiger partial charge in [0.2, 0.25) is 0 Å². The van der Waals surface area contributed by atoms with Gasteiger partial charge in [-0.2, -0.15) is 0 Å². The van der Waals surface area contributed by atoms with E-state index in [1.807, 2.05) is 34.9 Å². The Morgan fingerprint density at radius 1 is 0.844 bits per heavy atom. The van der Waals surface area contributed by atoms with Crippen molar-refractivity contribution >= 4 is 16.6 Å². The number of piperidine rings is 1. The van der Waals surface area contributed by atoms with Crippen molar-refractivity contribution in [2.75, 3.05) is 13.1 Å². The van der Waals surface area contributed by atoms with Crippen LogP contribution in [-0.2, 0) is 0 Å².